The van der Waals surface area contributed by atoms with Crippen molar-refractivity contribution in [1.29, 1.82) is 0 Å². The van der Waals surface area contributed by atoms with Crippen LogP contribution in [0.25, 0.3) is 0 Å². The number of nitrogens with one attached hydrogen (secondary N) is 1. The first-order valence-electron chi connectivity index (χ1n) is 6.43. The Kier molecular flexibility index (Phi) is 4.64. The molecule has 2 aliphatic rings. The molecule has 2 rings (SSSR count). The third-order valence-electron chi connectivity index (χ3n) is 3.27. The highest BCUT2D eigenvalue weighted by Crippen LogP contribution is 2.28. The van der Waals surface area contributed by atoms with E-state index in [0.29, 0.717) is 18.6 Å². The first kappa shape index (κ1) is 13.8. The smallest absolute Gasteiger partial charge is 0.261 e. The molecule has 1 N–H and O–H groups in total. The van der Waals surface area contributed by atoms with Crippen molar-refractivity contribution in [2.24, 2.45) is 10.9 Å². The Bertz CT molecular complexity index is 346. The fourth-order valence-electron chi connectivity index (χ4n) is 2.30. The molecule has 0 radical (unpaired) electrons. The van der Waals surface area contributed by atoms with Crippen LogP contribution in [0.4, 0.5) is 0 Å². The van der Waals surface area contributed by atoms with Crippen molar-refractivity contribution in [1.82, 2.24) is 10.4 Å². The third kappa shape index (κ3) is 3.05. The molecule has 0 aliphatic carbocycles. The Morgan fingerprint density at radius 1 is 1.61 bits per heavy atom. The summed E-state index contributed by atoms with van der Waals surface area (Å²) < 4.78 is 5.21. The average molecular weight is 271 g/mol. The maximum atomic E-state index is 11.7. The number of methoxy groups -OCH3 is 1. The number of hydrogen-bond acceptors (Lipinski definition) is 5. The van der Waals surface area contributed by atoms with Gasteiger partial charge in [-0.3, -0.25) is 10.2 Å². The van der Waals surface area contributed by atoms with Crippen molar-refractivity contribution in [3.05, 3.63) is 0 Å². The number of hydrogen-bond donors (Lipinski definition) is 1. The topological polar surface area (TPSA) is 53.9 Å². The molecule has 0 aromatic rings. The molecular weight excluding hydrogens is 250 g/mol. The van der Waals surface area contributed by atoms with E-state index in [4.69, 9.17) is 4.74 Å². The number of aliphatic imine (C=N–C) groups is 1. The molecule has 1 fully saturated rings. The molecule has 0 bridgehead atoms. The second-order valence-corrected chi connectivity index (χ2v) is 6.22. The number of carbonyl (C=O) groups excluding carboxylic acids is 1. The number of nitrogens with zero attached hydrogens (tertiary/aromatic N) is 2. The van der Waals surface area contributed by atoms with E-state index < -0.39 is 0 Å². The number of amides is 1. The quantitative estimate of drug-likeness (QED) is 0.834. The Balaban J connectivity index is 1.91. The summed E-state index contributed by atoms with van der Waals surface area (Å²) in [5.41, 5.74) is 3.27. The lowest BCUT2D eigenvalue weighted by atomic mass is 10.1. The molecule has 2 heterocycles. The molecule has 2 unspecified atom stereocenters. The molecule has 0 saturated carbocycles. The molecular formula is C12H21N3O2S. The Morgan fingerprint density at radius 3 is 3.00 bits per heavy atom. The zero-order chi connectivity index (χ0) is 13.1. The van der Waals surface area contributed by atoms with E-state index in [9.17, 15) is 4.79 Å². The lowest BCUT2D eigenvalue weighted by Gasteiger charge is -2.25. The maximum Gasteiger partial charge on any atom is 0.261 e. The van der Waals surface area contributed by atoms with Crippen LogP contribution in [0.3, 0.4) is 0 Å². The van der Waals surface area contributed by atoms with Crippen molar-refractivity contribution in [2.75, 3.05) is 20.3 Å². The van der Waals surface area contributed by atoms with Crippen molar-refractivity contribution in [3.8, 4) is 0 Å². The fourth-order valence-corrected chi connectivity index (χ4v) is 3.28. The van der Waals surface area contributed by atoms with Crippen molar-refractivity contribution in [3.63, 3.8) is 0 Å². The number of rotatable bonds is 4. The van der Waals surface area contributed by atoms with Crippen molar-refractivity contribution < 1.29 is 9.53 Å². The molecule has 0 aromatic carbocycles. The van der Waals surface area contributed by atoms with Gasteiger partial charge in [-0.1, -0.05) is 25.6 Å². The zero-order valence-corrected chi connectivity index (χ0v) is 12.0. The van der Waals surface area contributed by atoms with E-state index in [-0.39, 0.29) is 11.2 Å². The molecule has 0 spiro atoms. The summed E-state index contributed by atoms with van der Waals surface area (Å²) >= 11 is 1.54. The summed E-state index contributed by atoms with van der Waals surface area (Å²) in [4.78, 5) is 15.8. The predicted octanol–water partition coefficient (Wildman–Crippen LogP) is 1.26. The van der Waals surface area contributed by atoms with Crippen LogP contribution in [-0.4, -0.2) is 47.6 Å². The molecule has 2 atom stereocenters. The number of thioether (sulfide) groups is 1. The third-order valence-corrected chi connectivity index (χ3v) is 4.68. The molecule has 0 aromatic heterocycles. The Labute approximate surface area is 112 Å². The van der Waals surface area contributed by atoms with Gasteiger partial charge in [-0.25, -0.2) is 5.01 Å². The lowest BCUT2D eigenvalue weighted by molar-refractivity contribution is -0.117. The Morgan fingerprint density at radius 2 is 2.39 bits per heavy atom. The molecule has 5 nitrogen and oxygen atoms in total. The Hall–Kier alpha value is -0.590. The fraction of sp³-hybridized carbons (Fsp3) is 0.833. The van der Waals surface area contributed by atoms with Gasteiger partial charge in [-0.2, -0.15) is 4.99 Å². The summed E-state index contributed by atoms with van der Waals surface area (Å²) in [6.07, 6.45) is 2.28. The van der Waals surface area contributed by atoms with Crippen LogP contribution in [0.1, 0.15) is 26.7 Å². The lowest BCUT2D eigenvalue weighted by Crippen LogP contribution is -2.45. The molecule has 102 valence electrons. The minimum absolute atomic E-state index is 0.0139. The van der Waals surface area contributed by atoms with Crippen LogP contribution < -0.4 is 5.43 Å². The van der Waals surface area contributed by atoms with Gasteiger partial charge in [0.05, 0.1) is 17.9 Å². The number of carbonyl (C=O) groups is 1. The first-order valence-corrected chi connectivity index (χ1v) is 7.31. The number of amidine groups is 1. The normalized spacial score (nSPS) is 29.1. The summed E-state index contributed by atoms with van der Waals surface area (Å²) in [5.74, 6) is 0.305. The minimum Gasteiger partial charge on any atom is -0.383 e. The van der Waals surface area contributed by atoms with Gasteiger partial charge in [0.15, 0.2) is 5.17 Å². The highest BCUT2D eigenvalue weighted by atomic mass is 32.2. The minimum atomic E-state index is -0.0315. The van der Waals surface area contributed by atoms with Gasteiger partial charge in [0.1, 0.15) is 0 Å². The molecule has 1 amide bonds. The van der Waals surface area contributed by atoms with Crippen molar-refractivity contribution >= 4 is 22.8 Å². The molecule has 1 saturated heterocycles. The van der Waals surface area contributed by atoms with E-state index in [1.54, 1.807) is 18.9 Å². The van der Waals surface area contributed by atoms with Crippen LogP contribution in [0.2, 0.25) is 0 Å². The van der Waals surface area contributed by atoms with Crippen LogP contribution >= 0.6 is 11.8 Å². The highest BCUT2D eigenvalue weighted by molar-refractivity contribution is 8.15. The second-order valence-electron chi connectivity index (χ2n) is 5.09. The molecule has 2 aliphatic heterocycles. The van der Waals surface area contributed by atoms with Gasteiger partial charge in [-0.15, -0.1) is 0 Å². The van der Waals surface area contributed by atoms with Crippen LogP contribution in [0.15, 0.2) is 4.99 Å². The largest absolute Gasteiger partial charge is 0.383 e. The summed E-state index contributed by atoms with van der Waals surface area (Å²) in [6, 6.07) is 0.381. The highest BCUT2D eigenvalue weighted by Gasteiger charge is 2.33. The summed E-state index contributed by atoms with van der Waals surface area (Å²) in [6.45, 7) is 5.80. The first-order chi connectivity index (χ1) is 8.61. The maximum absolute atomic E-state index is 11.7. The van der Waals surface area contributed by atoms with Gasteiger partial charge in [0.2, 0.25) is 0 Å². The van der Waals surface area contributed by atoms with E-state index in [2.05, 4.69) is 29.3 Å². The predicted molar refractivity (Wildman–Crippen MR) is 73.4 cm³/mol. The van der Waals surface area contributed by atoms with Crippen LogP contribution in [0.5, 0.6) is 0 Å². The monoisotopic (exact) mass is 271 g/mol. The zero-order valence-electron chi connectivity index (χ0n) is 11.2. The number of ether oxygens (including phenoxy) is 1. The van der Waals surface area contributed by atoms with Crippen LogP contribution in [0, 0.1) is 5.92 Å². The van der Waals surface area contributed by atoms with E-state index in [1.807, 2.05) is 0 Å². The van der Waals surface area contributed by atoms with E-state index in [1.165, 1.54) is 0 Å². The van der Waals surface area contributed by atoms with E-state index >= 15 is 0 Å². The average Bonchev–Trinajstić information content (AvgIpc) is 2.87. The molecule has 6 heteroatoms. The van der Waals surface area contributed by atoms with Gasteiger partial charge in [0, 0.05) is 13.7 Å². The SMILES string of the molecule is COCC1CCCN1NC1=NC(=O)C(C(C)C)S1. The van der Waals surface area contributed by atoms with E-state index in [0.717, 1.165) is 24.6 Å². The second kappa shape index (κ2) is 6.04. The standard InChI is InChI=1S/C12H21N3O2S/c1-8(2)10-11(16)13-12(18-10)14-15-6-4-5-9(15)7-17-3/h8-10H,4-7H2,1-3H3,(H,13,14,16). The molecule has 18 heavy (non-hydrogen) atoms. The van der Waals surface area contributed by atoms with Gasteiger partial charge >= 0.3 is 0 Å². The van der Waals surface area contributed by atoms with Crippen molar-refractivity contribution in [2.45, 2.75) is 38.0 Å². The van der Waals surface area contributed by atoms with Gasteiger partial charge in [0.25, 0.3) is 5.91 Å². The van der Waals surface area contributed by atoms with Gasteiger partial charge in [-0.05, 0) is 18.8 Å². The van der Waals surface area contributed by atoms with Gasteiger partial charge < -0.3 is 4.74 Å². The summed E-state index contributed by atoms with van der Waals surface area (Å²) in [7, 11) is 1.72. The summed E-state index contributed by atoms with van der Waals surface area (Å²) in [5, 5.41) is 2.85. The van der Waals surface area contributed by atoms with Crippen LogP contribution in [-0.2, 0) is 9.53 Å². The number of hydrazine groups is 1.